The normalized spacial score (nSPS) is 11.2. The predicted octanol–water partition coefficient (Wildman–Crippen LogP) is 3.23. The Bertz CT molecular complexity index is 847. The van der Waals surface area contributed by atoms with Crippen LogP contribution in [0, 0.1) is 0 Å². The molecular formula is C19H20AsN3O. The number of rotatable bonds is 5. The van der Waals surface area contributed by atoms with Gasteiger partial charge in [-0.05, 0) is 13.8 Å². The summed E-state index contributed by atoms with van der Waals surface area (Å²) in [4.78, 5) is 13.9. The van der Waals surface area contributed by atoms with Crippen LogP contribution in [-0.4, -0.2) is 37.9 Å². The summed E-state index contributed by atoms with van der Waals surface area (Å²) in [6, 6.07) is 12.1. The molecule has 0 atom stereocenters. The maximum absolute atomic E-state index is 5.70. The summed E-state index contributed by atoms with van der Waals surface area (Å²) >= 11 is 2.41. The zero-order valence-electron chi connectivity index (χ0n) is 14.2. The third-order valence-corrected chi connectivity index (χ3v) is 4.03. The Kier molecular flexibility index (Phi) is 5.15. The summed E-state index contributed by atoms with van der Waals surface area (Å²) in [6.07, 6.45) is 2.11. The molecule has 0 bridgehead atoms. The van der Waals surface area contributed by atoms with Crippen LogP contribution in [0.1, 0.15) is 32.9 Å². The fourth-order valence-corrected chi connectivity index (χ4v) is 3.09. The van der Waals surface area contributed by atoms with Crippen molar-refractivity contribution in [3.05, 3.63) is 42.1 Å². The molecule has 0 aliphatic rings. The molecule has 2 radical (unpaired) electrons. The second-order valence-electron chi connectivity index (χ2n) is 5.98. The predicted molar refractivity (Wildman–Crippen MR) is 97.9 cm³/mol. The number of aromatic nitrogens is 3. The van der Waals surface area contributed by atoms with E-state index in [2.05, 4.69) is 33.7 Å². The van der Waals surface area contributed by atoms with Crippen molar-refractivity contribution >= 4 is 32.5 Å². The van der Waals surface area contributed by atoms with Crippen molar-refractivity contribution in [2.45, 2.75) is 39.7 Å². The van der Waals surface area contributed by atoms with Gasteiger partial charge in [-0.1, -0.05) is 0 Å². The first kappa shape index (κ1) is 16.9. The molecule has 0 saturated heterocycles. The number of benzene rings is 1. The third-order valence-electron chi connectivity index (χ3n) is 3.61. The van der Waals surface area contributed by atoms with Crippen LogP contribution >= 0.6 is 0 Å². The quantitative estimate of drug-likeness (QED) is 0.637. The molecule has 0 N–H and O–H groups in total. The van der Waals surface area contributed by atoms with Crippen LogP contribution in [0.5, 0.6) is 5.75 Å². The minimum atomic E-state index is 0.171. The summed E-state index contributed by atoms with van der Waals surface area (Å²) in [7, 11) is 0. The Hall–Kier alpha value is -1.93. The molecule has 3 aromatic rings. The van der Waals surface area contributed by atoms with E-state index in [0.717, 1.165) is 51.2 Å². The van der Waals surface area contributed by atoms with Crippen molar-refractivity contribution < 1.29 is 4.74 Å². The van der Waals surface area contributed by atoms with Crippen LogP contribution in [-0.2, 0) is 6.42 Å². The molecule has 2 heterocycles. The van der Waals surface area contributed by atoms with Gasteiger partial charge in [-0.2, -0.15) is 0 Å². The van der Waals surface area contributed by atoms with Gasteiger partial charge in [-0.25, -0.2) is 0 Å². The van der Waals surface area contributed by atoms with Crippen molar-refractivity contribution in [2.24, 2.45) is 0 Å². The summed E-state index contributed by atoms with van der Waals surface area (Å²) in [5.74, 6) is 0.873. The second kappa shape index (κ2) is 7.31. The van der Waals surface area contributed by atoms with Crippen molar-refractivity contribution in [1.29, 1.82) is 0 Å². The molecule has 0 aliphatic heterocycles. The first-order valence-corrected chi connectivity index (χ1v) is 9.14. The fourth-order valence-electron chi connectivity index (χ4n) is 2.61. The van der Waals surface area contributed by atoms with E-state index in [-0.39, 0.29) is 6.10 Å². The Labute approximate surface area is 151 Å². The summed E-state index contributed by atoms with van der Waals surface area (Å²) < 4.78 is 6.44. The second-order valence-corrected chi connectivity index (χ2v) is 6.81. The van der Waals surface area contributed by atoms with E-state index < -0.39 is 0 Å². The molecule has 0 fully saturated rings. The Morgan fingerprint density at radius 3 is 2.42 bits per heavy atom. The zero-order chi connectivity index (χ0) is 17.1. The van der Waals surface area contributed by atoms with Crippen LogP contribution in [0.2, 0.25) is 0 Å². The van der Waals surface area contributed by atoms with E-state index >= 15 is 0 Å². The molecule has 2 aromatic heterocycles. The summed E-state index contributed by atoms with van der Waals surface area (Å²) in [5.41, 5.74) is 4.80. The first-order chi connectivity index (χ1) is 11.6. The molecule has 0 unspecified atom stereocenters. The van der Waals surface area contributed by atoms with E-state index in [4.69, 9.17) is 9.72 Å². The van der Waals surface area contributed by atoms with Gasteiger partial charge >= 0.3 is 137 Å². The molecular weight excluding hydrogens is 361 g/mol. The van der Waals surface area contributed by atoms with E-state index in [1.807, 2.05) is 50.2 Å². The fraction of sp³-hybridized carbons (Fsp3) is 0.316. The maximum atomic E-state index is 5.70. The number of hydrogen-bond donors (Lipinski definition) is 0. The molecule has 0 aliphatic carbocycles. The van der Waals surface area contributed by atoms with Gasteiger partial charge in [0.25, 0.3) is 0 Å². The molecule has 5 heteroatoms. The Balaban J connectivity index is 2.00. The van der Waals surface area contributed by atoms with Crippen molar-refractivity contribution in [1.82, 2.24) is 15.0 Å². The number of aryl methyl sites for hydroxylation is 1. The number of ether oxygens (including phenoxy) is 1. The van der Waals surface area contributed by atoms with Gasteiger partial charge in [0.15, 0.2) is 0 Å². The monoisotopic (exact) mass is 381 g/mol. The van der Waals surface area contributed by atoms with Crippen LogP contribution in [0.15, 0.2) is 36.4 Å². The van der Waals surface area contributed by atoms with Gasteiger partial charge in [-0.3, -0.25) is 0 Å². The summed E-state index contributed by atoms with van der Waals surface area (Å²) in [6.45, 7) is 6.19. The molecule has 0 amide bonds. The zero-order valence-corrected chi connectivity index (χ0v) is 16.0. The standard InChI is InChI=1S/C19H20AsN3O/c1-4-5-16-18-17(23-19(20)22-16)11-10-15(21-18)13-6-8-14(9-7-13)24-12(2)3/h6-12H,4-5H2,1-3H3. The topological polar surface area (TPSA) is 47.9 Å². The van der Waals surface area contributed by atoms with Crippen LogP contribution < -0.4 is 9.35 Å². The number of fused-ring (bicyclic) bond motifs is 1. The van der Waals surface area contributed by atoms with Crippen LogP contribution in [0.3, 0.4) is 0 Å². The average molecular weight is 381 g/mol. The number of pyridine rings is 1. The van der Waals surface area contributed by atoms with E-state index in [0.29, 0.717) is 0 Å². The third kappa shape index (κ3) is 3.76. The van der Waals surface area contributed by atoms with Gasteiger partial charge in [0.2, 0.25) is 0 Å². The van der Waals surface area contributed by atoms with Gasteiger partial charge in [0.05, 0.1) is 0 Å². The molecule has 3 rings (SSSR count). The SMILES string of the molecule is CCCc1nc([As])nc2ccc(-c3ccc(OC(C)C)cc3)nc12. The molecule has 0 saturated carbocycles. The van der Waals surface area contributed by atoms with E-state index in [9.17, 15) is 0 Å². The van der Waals surface area contributed by atoms with Crippen molar-refractivity contribution in [3.63, 3.8) is 0 Å². The molecule has 1 aromatic carbocycles. The molecule has 0 spiro atoms. The Morgan fingerprint density at radius 2 is 1.75 bits per heavy atom. The van der Waals surface area contributed by atoms with Gasteiger partial charge in [-0.15, -0.1) is 0 Å². The van der Waals surface area contributed by atoms with Gasteiger partial charge in [0.1, 0.15) is 0 Å². The summed E-state index contributed by atoms with van der Waals surface area (Å²) in [5, 5.41) is 0. The van der Waals surface area contributed by atoms with Crippen LogP contribution in [0.4, 0.5) is 0 Å². The van der Waals surface area contributed by atoms with E-state index in [1.165, 1.54) is 0 Å². The number of hydrogen-bond acceptors (Lipinski definition) is 4. The minimum absolute atomic E-state index is 0.171. The average Bonchev–Trinajstić information content (AvgIpc) is 2.55. The molecule has 4 nitrogen and oxygen atoms in total. The Morgan fingerprint density at radius 1 is 1.00 bits per heavy atom. The molecule has 24 heavy (non-hydrogen) atoms. The van der Waals surface area contributed by atoms with Crippen molar-refractivity contribution in [3.8, 4) is 17.0 Å². The van der Waals surface area contributed by atoms with Gasteiger partial charge < -0.3 is 0 Å². The first-order valence-electron chi connectivity index (χ1n) is 8.20. The number of nitrogens with zero attached hydrogens (tertiary/aromatic N) is 3. The van der Waals surface area contributed by atoms with Crippen molar-refractivity contribution in [2.75, 3.05) is 0 Å². The van der Waals surface area contributed by atoms with Crippen LogP contribution in [0.25, 0.3) is 22.3 Å². The van der Waals surface area contributed by atoms with Gasteiger partial charge in [0, 0.05) is 0 Å². The van der Waals surface area contributed by atoms with E-state index in [1.54, 1.807) is 0 Å². The molecule has 122 valence electrons.